The molecule has 0 heterocycles. The van der Waals surface area contributed by atoms with Gasteiger partial charge in [0, 0.05) is 12.1 Å². The van der Waals surface area contributed by atoms with Crippen molar-refractivity contribution in [2.75, 3.05) is 11.9 Å². The number of nitrogens with one attached hydrogen (secondary N) is 1. The van der Waals surface area contributed by atoms with Crippen molar-refractivity contribution in [1.82, 2.24) is 0 Å². The lowest BCUT2D eigenvalue weighted by Crippen LogP contribution is -2.15. The smallest absolute Gasteiger partial charge is 0.227 e. The quantitative estimate of drug-likeness (QED) is 0.568. The maximum atomic E-state index is 11.9. The normalized spacial score (nSPS) is 10.1. The van der Waals surface area contributed by atoms with Crippen LogP contribution in [0.4, 0.5) is 5.69 Å². The molecule has 0 aromatic heterocycles. The Morgan fingerprint density at radius 2 is 1.78 bits per heavy atom. The Labute approximate surface area is 136 Å². The summed E-state index contributed by atoms with van der Waals surface area (Å²) < 4.78 is 5.50. The van der Waals surface area contributed by atoms with Gasteiger partial charge in [-0.1, -0.05) is 30.3 Å². The largest absolute Gasteiger partial charge is 0.493 e. The van der Waals surface area contributed by atoms with Crippen molar-refractivity contribution >= 4 is 17.9 Å². The van der Waals surface area contributed by atoms with Crippen molar-refractivity contribution in [3.8, 4) is 5.75 Å². The van der Waals surface area contributed by atoms with E-state index in [1.165, 1.54) is 0 Å². The Kier molecular flexibility index (Phi) is 6.85. The van der Waals surface area contributed by atoms with Gasteiger partial charge in [-0.3, -0.25) is 4.79 Å². The first-order valence-corrected chi connectivity index (χ1v) is 7.78. The molecule has 1 N–H and O–H groups in total. The highest BCUT2D eigenvalue weighted by Crippen LogP contribution is 2.12. The summed E-state index contributed by atoms with van der Waals surface area (Å²) in [5.74, 6) is 0.689. The molecule has 23 heavy (non-hydrogen) atoms. The van der Waals surface area contributed by atoms with Crippen molar-refractivity contribution in [2.45, 2.75) is 25.7 Å². The molecule has 0 bridgehead atoms. The fraction of sp³-hybridized carbons (Fsp3) is 0.263. The number of hydrogen-bond acceptors (Lipinski definition) is 3. The zero-order chi connectivity index (χ0) is 16.3. The molecule has 0 aliphatic heterocycles. The summed E-state index contributed by atoms with van der Waals surface area (Å²) in [6.45, 7) is 0.347. The summed E-state index contributed by atoms with van der Waals surface area (Å²) in [6.07, 6.45) is 3.55. The van der Waals surface area contributed by atoms with Gasteiger partial charge in [-0.05, 0) is 42.7 Å². The van der Waals surface area contributed by atoms with Crippen molar-refractivity contribution < 1.29 is 14.3 Å². The molecule has 0 unspecified atom stereocenters. The summed E-state index contributed by atoms with van der Waals surface area (Å²) >= 11 is 0. The van der Waals surface area contributed by atoms with E-state index in [-0.39, 0.29) is 5.91 Å². The molecule has 2 aromatic carbocycles. The fourth-order valence-electron chi connectivity index (χ4n) is 2.15. The first-order valence-electron chi connectivity index (χ1n) is 7.78. The van der Waals surface area contributed by atoms with Gasteiger partial charge in [-0.2, -0.15) is 0 Å². The summed E-state index contributed by atoms with van der Waals surface area (Å²) in [7, 11) is 0. The molecule has 120 valence electrons. The lowest BCUT2D eigenvalue weighted by molar-refractivity contribution is -0.116. The highest BCUT2D eigenvalue weighted by molar-refractivity contribution is 5.90. The average molecular weight is 311 g/mol. The molecule has 1 amide bonds. The van der Waals surface area contributed by atoms with E-state index >= 15 is 0 Å². The minimum Gasteiger partial charge on any atom is -0.493 e. The van der Waals surface area contributed by atoms with Crippen molar-refractivity contribution in [3.63, 3.8) is 0 Å². The molecule has 0 radical (unpaired) electrons. The van der Waals surface area contributed by atoms with Crippen molar-refractivity contribution in [3.05, 3.63) is 60.2 Å². The third-order valence-corrected chi connectivity index (χ3v) is 3.37. The summed E-state index contributed by atoms with van der Waals surface area (Å²) in [4.78, 5) is 22.2. The molecule has 0 saturated heterocycles. The Hall–Kier alpha value is -2.62. The van der Waals surface area contributed by atoms with Gasteiger partial charge >= 0.3 is 0 Å². The highest BCUT2D eigenvalue weighted by Gasteiger charge is 2.03. The number of aldehydes is 1. The topological polar surface area (TPSA) is 55.4 Å². The molecular formula is C19H21NO3. The van der Waals surface area contributed by atoms with Crippen LogP contribution in [-0.2, 0) is 16.0 Å². The van der Waals surface area contributed by atoms with Gasteiger partial charge in [0.2, 0.25) is 5.91 Å². The molecule has 2 rings (SSSR count). The van der Waals surface area contributed by atoms with Crippen LogP contribution in [0.15, 0.2) is 54.6 Å². The van der Waals surface area contributed by atoms with Gasteiger partial charge in [-0.15, -0.1) is 0 Å². The number of carbonyl (C=O) groups is 2. The van der Waals surface area contributed by atoms with E-state index in [9.17, 15) is 9.59 Å². The summed E-state index contributed by atoms with van der Waals surface area (Å²) in [6, 6.07) is 17.1. The Bertz CT molecular complexity index is 608. The van der Waals surface area contributed by atoms with Crippen LogP contribution in [0, 0.1) is 0 Å². The van der Waals surface area contributed by atoms with Crippen LogP contribution >= 0.6 is 0 Å². The van der Waals surface area contributed by atoms with Gasteiger partial charge in [0.05, 0.1) is 13.0 Å². The fourth-order valence-corrected chi connectivity index (χ4v) is 2.15. The molecule has 0 saturated carbocycles. The number of rotatable bonds is 9. The van der Waals surface area contributed by atoms with Crippen LogP contribution in [-0.4, -0.2) is 18.8 Å². The molecule has 0 aliphatic carbocycles. The number of aryl methyl sites for hydroxylation is 1. The number of carbonyl (C=O) groups excluding carboxylic acids is 2. The van der Waals surface area contributed by atoms with E-state index in [0.29, 0.717) is 19.4 Å². The van der Waals surface area contributed by atoms with Gasteiger partial charge in [0.15, 0.2) is 0 Å². The van der Waals surface area contributed by atoms with E-state index in [1.54, 1.807) is 0 Å². The monoisotopic (exact) mass is 311 g/mol. The van der Waals surface area contributed by atoms with E-state index in [2.05, 4.69) is 5.32 Å². The zero-order valence-corrected chi connectivity index (χ0v) is 13.0. The first kappa shape index (κ1) is 16.7. The molecule has 0 fully saturated rings. The number of anilines is 1. The van der Waals surface area contributed by atoms with Crippen LogP contribution in [0.5, 0.6) is 5.75 Å². The number of benzene rings is 2. The second-order valence-corrected chi connectivity index (χ2v) is 5.22. The molecule has 0 aliphatic rings. The second-order valence-electron chi connectivity index (χ2n) is 5.22. The van der Waals surface area contributed by atoms with Gasteiger partial charge in [0.1, 0.15) is 12.0 Å². The van der Waals surface area contributed by atoms with Gasteiger partial charge < -0.3 is 14.8 Å². The van der Waals surface area contributed by atoms with E-state index in [0.717, 1.165) is 36.1 Å². The number of amides is 1. The zero-order valence-electron chi connectivity index (χ0n) is 13.0. The van der Waals surface area contributed by atoms with Crippen LogP contribution in [0.1, 0.15) is 24.8 Å². The van der Waals surface area contributed by atoms with Crippen molar-refractivity contribution in [2.24, 2.45) is 0 Å². The number of ether oxygens (including phenoxy) is 1. The number of unbranched alkanes of at least 4 members (excludes halogenated alkanes) is 1. The predicted octanol–water partition coefficient (Wildman–Crippen LogP) is 3.62. The molecule has 0 atom stereocenters. The molecule has 0 spiro atoms. The minimum absolute atomic E-state index is 0.0744. The van der Waals surface area contributed by atoms with Crippen LogP contribution < -0.4 is 10.1 Å². The minimum atomic E-state index is -0.0744. The van der Waals surface area contributed by atoms with Crippen molar-refractivity contribution in [1.29, 1.82) is 0 Å². The third-order valence-electron chi connectivity index (χ3n) is 3.37. The maximum Gasteiger partial charge on any atom is 0.227 e. The summed E-state index contributed by atoms with van der Waals surface area (Å²) in [5, 5.41) is 2.85. The SMILES string of the molecule is O=CCCCc1ccc(NC(=O)CCOc2ccccc2)cc1. The highest BCUT2D eigenvalue weighted by atomic mass is 16.5. The molecule has 4 nitrogen and oxygen atoms in total. The summed E-state index contributed by atoms with van der Waals surface area (Å²) in [5.41, 5.74) is 1.94. The van der Waals surface area contributed by atoms with Crippen LogP contribution in [0.3, 0.4) is 0 Å². The molecule has 4 heteroatoms. The van der Waals surface area contributed by atoms with E-state index in [1.807, 2.05) is 54.6 Å². The maximum absolute atomic E-state index is 11.9. The van der Waals surface area contributed by atoms with Gasteiger partial charge in [0.25, 0.3) is 0 Å². The lowest BCUT2D eigenvalue weighted by Gasteiger charge is -2.08. The Morgan fingerprint density at radius 1 is 1.04 bits per heavy atom. The van der Waals surface area contributed by atoms with Crippen LogP contribution in [0.2, 0.25) is 0 Å². The van der Waals surface area contributed by atoms with E-state index < -0.39 is 0 Å². The first-order chi connectivity index (χ1) is 11.3. The molecular weight excluding hydrogens is 290 g/mol. The molecule has 2 aromatic rings. The van der Waals surface area contributed by atoms with Gasteiger partial charge in [-0.25, -0.2) is 0 Å². The number of para-hydroxylation sites is 1. The standard InChI is InChI=1S/C19H21NO3/c21-14-5-4-6-16-9-11-17(12-10-16)20-19(22)13-15-23-18-7-2-1-3-8-18/h1-3,7-12,14H,4-6,13,15H2,(H,20,22). The Morgan fingerprint density at radius 3 is 2.48 bits per heavy atom. The average Bonchev–Trinajstić information content (AvgIpc) is 2.58. The lowest BCUT2D eigenvalue weighted by atomic mass is 10.1. The van der Waals surface area contributed by atoms with Crippen LogP contribution in [0.25, 0.3) is 0 Å². The predicted molar refractivity (Wildman–Crippen MR) is 90.6 cm³/mol. The van der Waals surface area contributed by atoms with E-state index in [4.69, 9.17) is 4.74 Å². The second kappa shape index (κ2) is 9.41. The Balaban J connectivity index is 1.71. The number of hydrogen-bond donors (Lipinski definition) is 1. The third kappa shape index (κ3) is 6.34.